The van der Waals surface area contributed by atoms with Gasteiger partial charge in [-0.2, -0.15) is 4.98 Å². The highest BCUT2D eigenvalue weighted by Gasteiger charge is 2.08. The lowest BCUT2D eigenvalue weighted by molar-refractivity contribution is 0.464. The molecule has 0 spiro atoms. The van der Waals surface area contributed by atoms with Gasteiger partial charge in [-0.25, -0.2) is 4.98 Å². The fraction of sp³-hybridized carbons (Fsp3) is 0. The first kappa shape index (κ1) is 11.9. The molecule has 3 aromatic rings. The van der Waals surface area contributed by atoms with Crippen LogP contribution in [0.4, 0.5) is 5.69 Å². The third kappa shape index (κ3) is 2.34. The van der Waals surface area contributed by atoms with E-state index in [1.165, 1.54) is 0 Å². The summed E-state index contributed by atoms with van der Waals surface area (Å²) in [5.41, 5.74) is 7.66. The van der Waals surface area contributed by atoms with Crippen LogP contribution in [0.15, 0.2) is 47.2 Å². The number of hydrogen-bond acceptors (Lipinski definition) is 5. The van der Waals surface area contributed by atoms with Crippen molar-refractivity contribution in [2.24, 2.45) is 0 Å². The molecule has 5 nitrogen and oxygen atoms in total. The number of anilines is 1. The van der Waals surface area contributed by atoms with Gasteiger partial charge in [-0.15, -0.1) is 0 Å². The SMILES string of the molecule is Nc1cccc(Br)c1Oc1ccc2nccnc2n1. The molecule has 0 atom stereocenters. The van der Waals surface area contributed by atoms with Gasteiger partial charge in [0.2, 0.25) is 5.88 Å². The summed E-state index contributed by atoms with van der Waals surface area (Å²) in [6, 6.07) is 8.99. The number of ether oxygens (including phenoxy) is 1. The predicted molar refractivity (Wildman–Crippen MR) is 76.0 cm³/mol. The summed E-state index contributed by atoms with van der Waals surface area (Å²) in [7, 11) is 0. The molecule has 94 valence electrons. The van der Waals surface area contributed by atoms with Crippen LogP contribution in [0.3, 0.4) is 0 Å². The third-order valence-corrected chi connectivity index (χ3v) is 3.13. The Labute approximate surface area is 117 Å². The van der Waals surface area contributed by atoms with Crippen LogP contribution in [0.5, 0.6) is 11.6 Å². The molecule has 0 saturated carbocycles. The molecule has 0 aliphatic rings. The van der Waals surface area contributed by atoms with Gasteiger partial charge in [-0.3, -0.25) is 4.98 Å². The molecular weight excluding hydrogens is 308 g/mol. The molecule has 6 heteroatoms. The Balaban J connectivity index is 2.01. The van der Waals surface area contributed by atoms with Gasteiger partial charge in [0.25, 0.3) is 0 Å². The summed E-state index contributed by atoms with van der Waals surface area (Å²) in [5.74, 6) is 0.963. The van der Waals surface area contributed by atoms with Crippen molar-refractivity contribution in [2.75, 3.05) is 5.73 Å². The standard InChI is InChI=1S/C13H9BrN4O/c14-8-2-1-3-9(15)12(8)19-11-5-4-10-13(18-11)17-7-6-16-10/h1-7H,15H2. The number of rotatable bonds is 2. The lowest BCUT2D eigenvalue weighted by Crippen LogP contribution is -1.95. The molecule has 0 aliphatic heterocycles. The first-order valence-corrected chi connectivity index (χ1v) is 6.33. The van der Waals surface area contributed by atoms with Gasteiger partial charge in [-0.1, -0.05) is 6.07 Å². The van der Waals surface area contributed by atoms with Gasteiger partial charge in [0.05, 0.1) is 10.2 Å². The van der Waals surface area contributed by atoms with E-state index in [2.05, 4.69) is 30.9 Å². The van der Waals surface area contributed by atoms with E-state index >= 15 is 0 Å². The van der Waals surface area contributed by atoms with Crippen molar-refractivity contribution in [3.63, 3.8) is 0 Å². The molecule has 0 unspecified atom stereocenters. The molecule has 0 saturated heterocycles. The monoisotopic (exact) mass is 316 g/mol. The minimum atomic E-state index is 0.423. The van der Waals surface area contributed by atoms with Crippen molar-refractivity contribution in [3.05, 3.63) is 47.2 Å². The average Bonchev–Trinajstić information content (AvgIpc) is 2.43. The number of nitrogens with two attached hydrogens (primary N) is 1. The van der Waals surface area contributed by atoms with E-state index in [4.69, 9.17) is 10.5 Å². The van der Waals surface area contributed by atoms with E-state index in [9.17, 15) is 0 Å². The van der Waals surface area contributed by atoms with Crippen molar-refractivity contribution < 1.29 is 4.74 Å². The topological polar surface area (TPSA) is 73.9 Å². The first-order valence-electron chi connectivity index (χ1n) is 5.53. The van der Waals surface area contributed by atoms with Crippen molar-refractivity contribution >= 4 is 32.8 Å². The zero-order chi connectivity index (χ0) is 13.2. The second-order valence-electron chi connectivity index (χ2n) is 3.81. The molecule has 2 aromatic heterocycles. The minimum absolute atomic E-state index is 0.423. The highest BCUT2D eigenvalue weighted by molar-refractivity contribution is 9.10. The lowest BCUT2D eigenvalue weighted by Gasteiger charge is -2.09. The maximum atomic E-state index is 5.87. The zero-order valence-electron chi connectivity index (χ0n) is 9.75. The summed E-state index contributed by atoms with van der Waals surface area (Å²) in [6.45, 7) is 0. The number of nitrogen functional groups attached to an aromatic ring is 1. The van der Waals surface area contributed by atoms with E-state index in [0.717, 1.165) is 9.99 Å². The van der Waals surface area contributed by atoms with Crippen LogP contribution in [0, 0.1) is 0 Å². The van der Waals surface area contributed by atoms with Crippen molar-refractivity contribution in [1.29, 1.82) is 0 Å². The van der Waals surface area contributed by atoms with E-state index in [-0.39, 0.29) is 0 Å². The highest BCUT2D eigenvalue weighted by atomic mass is 79.9. The third-order valence-electron chi connectivity index (χ3n) is 2.51. The molecular formula is C13H9BrN4O. The number of fused-ring (bicyclic) bond motifs is 1. The van der Waals surface area contributed by atoms with Crippen molar-refractivity contribution in [3.8, 4) is 11.6 Å². The van der Waals surface area contributed by atoms with Crippen LogP contribution in [0.2, 0.25) is 0 Å². The van der Waals surface area contributed by atoms with Gasteiger partial charge >= 0.3 is 0 Å². The Morgan fingerprint density at radius 1 is 1.05 bits per heavy atom. The van der Waals surface area contributed by atoms with Crippen LogP contribution < -0.4 is 10.5 Å². The van der Waals surface area contributed by atoms with Gasteiger partial charge in [0, 0.05) is 18.5 Å². The van der Waals surface area contributed by atoms with Crippen LogP contribution in [-0.4, -0.2) is 15.0 Å². The average molecular weight is 317 g/mol. The second-order valence-corrected chi connectivity index (χ2v) is 4.66. The molecule has 0 aliphatic carbocycles. The molecule has 3 rings (SSSR count). The number of para-hydroxylation sites is 1. The fourth-order valence-corrected chi connectivity index (χ4v) is 2.09. The number of aromatic nitrogens is 3. The van der Waals surface area contributed by atoms with Gasteiger partial charge in [0.15, 0.2) is 11.4 Å². The molecule has 1 aromatic carbocycles. The van der Waals surface area contributed by atoms with Crippen LogP contribution in [0.25, 0.3) is 11.2 Å². The number of benzene rings is 1. The van der Waals surface area contributed by atoms with Gasteiger partial charge in [0.1, 0.15) is 5.52 Å². The summed E-state index contributed by atoms with van der Waals surface area (Å²) < 4.78 is 6.47. The predicted octanol–water partition coefficient (Wildman–Crippen LogP) is 3.16. The van der Waals surface area contributed by atoms with E-state index in [1.54, 1.807) is 30.6 Å². The molecule has 19 heavy (non-hydrogen) atoms. The number of halogens is 1. The van der Waals surface area contributed by atoms with E-state index in [1.807, 2.05) is 12.1 Å². The second kappa shape index (κ2) is 4.81. The Morgan fingerprint density at radius 3 is 2.74 bits per heavy atom. The van der Waals surface area contributed by atoms with Gasteiger partial charge < -0.3 is 10.5 Å². The number of hydrogen-bond donors (Lipinski definition) is 1. The Hall–Kier alpha value is -2.21. The van der Waals surface area contributed by atoms with E-state index in [0.29, 0.717) is 23.0 Å². The summed E-state index contributed by atoms with van der Waals surface area (Å²) in [4.78, 5) is 12.6. The first-order chi connectivity index (χ1) is 9.24. The summed E-state index contributed by atoms with van der Waals surface area (Å²) in [6.07, 6.45) is 3.21. The maximum absolute atomic E-state index is 5.87. The Morgan fingerprint density at radius 2 is 1.89 bits per heavy atom. The Bertz CT molecular complexity index is 727. The number of pyridine rings is 1. The van der Waals surface area contributed by atoms with Crippen LogP contribution in [-0.2, 0) is 0 Å². The summed E-state index contributed by atoms with van der Waals surface area (Å²) in [5, 5.41) is 0. The number of nitrogens with zero attached hydrogens (tertiary/aromatic N) is 3. The van der Waals surface area contributed by atoms with Gasteiger partial charge in [-0.05, 0) is 34.1 Å². The summed E-state index contributed by atoms with van der Waals surface area (Å²) >= 11 is 3.39. The van der Waals surface area contributed by atoms with Crippen molar-refractivity contribution in [1.82, 2.24) is 15.0 Å². The minimum Gasteiger partial charge on any atom is -0.436 e. The molecule has 0 amide bonds. The zero-order valence-corrected chi connectivity index (χ0v) is 11.3. The van der Waals surface area contributed by atoms with Crippen molar-refractivity contribution in [2.45, 2.75) is 0 Å². The normalized spacial score (nSPS) is 10.6. The highest BCUT2D eigenvalue weighted by Crippen LogP contribution is 2.34. The fourth-order valence-electron chi connectivity index (χ4n) is 1.63. The largest absolute Gasteiger partial charge is 0.436 e. The smallest absolute Gasteiger partial charge is 0.221 e. The van der Waals surface area contributed by atoms with E-state index < -0.39 is 0 Å². The Kier molecular flexibility index (Phi) is 3.00. The lowest BCUT2D eigenvalue weighted by atomic mass is 10.3. The van der Waals surface area contributed by atoms with Crippen LogP contribution in [0.1, 0.15) is 0 Å². The quantitative estimate of drug-likeness (QED) is 0.735. The molecule has 0 radical (unpaired) electrons. The molecule has 0 bridgehead atoms. The van der Waals surface area contributed by atoms with Crippen LogP contribution >= 0.6 is 15.9 Å². The maximum Gasteiger partial charge on any atom is 0.221 e. The molecule has 2 N–H and O–H groups in total. The molecule has 2 heterocycles. The molecule has 0 fully saturated rings.